The Morgan fingerprint density at radius 3 is 2.93 bits per heavy atom. The lowest BCUT2D eigenvalue weighted by atomic mass is 10.3. The number of hydrogen-bond donors (Lipinski definition) is 2. The van der Waals surface area contributed by atoms with Gasteiger partial charge in [0.1, 0.15) is 5.69 Å². The number of likely N-dealkylation sites (tertiary alicyclic amines) is 1. The van der Waals surface area contributed by atoms with Gasteiger partial charge >= 0.3 is 0 Å². The van der Waals surface area contributed by atoms with Crippen molar-refractivity contribution >= 4 is 11.6 Å². The number of nitrogen functional groups attached to an aromatic ring is 1. The molecule has 1 unspecified atom stereocenters. The standard InChI is InChI=1S/C9H14N4O2/c1-12-8(7(10)4-11-12)9(15)13-3-2-6(14)5-13/h4,6,14H,2-3,5,10H2,1H3. The lowest BCUT2D eigenvalue weighted by Gasteiger charge is -2.15. The molecule has 0 radical (unpaired) electrons. The molecule has 15 heavy (non-hydrogen) atoms. The van der Waals surface area contributed by atoms with Gasteiger partial charge in [-0.2, -0.15) is 5.10 Å². The number of aryl methyl sites for hydroxylation is 1. The molecule has 82 valence electrons. The van der Waals surface area contributed by atoms with Crippen LogP contribution in [0.1, 0.15) is 16.9 Å². The first-order chi connectivity index (χ1) is 7.09. The summed E-state index contributed by atoms with van der Waals surface area (Å²) in [6.45, 7) is 0.952. The highest BCUT2D eigenvalue weighted by Crippen LogP contribution is 2.16. The highest BCUT2D eigenvalue weighted by atomic mass is 16.3. The summed E-state index contributed by atoms with van der Waals surface area (Å²) in [6.07, 6.45) is 1.67. The molecule has 1 aromatic rings. The summed E-state index contributed by atoms with van der Waals surface area (Å²) < 4.78 is 1.46. The first-order valence-corrected chi connectivity index (χ1v) is 4.84. The van der Waals surface area contributed by atoms with E-state index in [4.69, 9.17) is 5.73 Å². The number of aliphatic hydroxyl groups is 1. The summed E-state index contributed by atoms with van der Waals surface area (Å²) in [5.74, 6) is -0.163. The van der Waals surface area contributed by atoms with Crippen molar-refractivity contribution in [2.75, 3.05) is 18.8 Å². The molecule has 2 heterocycles. The van der Waals surface area contributed by atoms with Crippen LogP contribution in [0.2, 0.25) is 0 Å². The van der Waals surface area contributed by atoms with Gasteiger partial charge in [-0.05, 0) is 6.42 Å². The van der Waals surface area contributed by atoms with Gasteiger partial charge < -0.3 is 15.7 Å². The van der Waals surface area contributed by atoms with E-state index in [0.29, 0.717) is 30.9 Å². The molecule has 3 N–H and O–H groups in total. The molecule has 0 spiro atoms. The molecule has 0 aliphatic carbocycles. The molecule has 0 saturated carbocycles. The largest absolute Gasteiger partial charge is 0.396 e. The average molecular weight is 210 g/mol. The van der Waals surface area contributed by atoms with Gasteiger partial charge in [0.2, 0.25) is 0 Å². The zero-order valence-electron chi connectivity index (χ0n) is 8.55. The molecule has 1 amide bonds. The molecular weight excluding hydrogens is 196 g/mol. The minimum absolute atomic E-state index is 0.163. The molecule has 6 heteroatoms. The second-order valence-electron chi connectivity index (χ2n) is 3.77. The van der Waals surface area contributed by atoms with Gasteiger partial charge in [-0.1, -0.05) is 0 Å². The van der Waals surface area contributed by atoms with Crippen molar-refractivity contribution in [3.05, 3.63) is 11.9 Å². The monoisotopic (exact) mass is 210 g/mol. The third kappa shape index (κ3) is 1.68. The predicted molar refractivity (Wildman–Crippen MR) is 54.1 cm³/mol. The Bertz CT molecular complexity index is 368. The van der Waals surface area contributed by atoms with E-state index in [1.165, 1.54) is 10.9 Å². The van der Waals surface area contributed by atoms with Crippen molar-refractivity contribution in [2.45, 2.75) is 12.5 Å². The summed E-state index contributed by atoms with van der Waals surface area (Å²) in [5.41, 5.74) is 6.42. The predicted octanol–water partition coefficient (Wildman–Crippen LogP) is -0.791. The van der Waals surface area contributed by atoms with Crippen LogP contribution < -0.4 is 5.73 Å². The first kappa shape index (κ1) is 9.97. The van der Waals surface area contributed by atoms with E-state index in [9.17, 15) is 9.90 Å². The summed E-state index contributed by atoms with van der Waals surface area (Å²) in [5, 5.41) is 13.2. The van der Waals surface area contributed by atoms with Gasteiger partial charge in [-0.25, -0.2) is 0 Å². The summed E-state index contributed by atoms with van der Waals surface area (Å²) in [6, 6.07) is 0. The second kappa shape index (κ2) is 3.54. The first-order valence-electron chi connectivity index (χ1n) is 4.84. The molecule has 1 aliphatic rings. The number of nitrogens with two attached hydrogens (primary N) is 1. The van der Waals surface area contributed by atoms with Crippen LogP contribution >= 0.6 is 0 Å². The molecule has 1 fully saturated rings. The number of β-amino-alcohol motifs (C(OH)–C–C–N with tert-alkyl or cyclic N) is 1. The Hall–Kier alpha value is -1.56. The lowest BCUT2D eigenvalue weighted by Crippen LogP contribution is -2.31. The fourth-order valence-corrected chi connectivity index (χ4v) is 1.79. The average Bonchev–Trinajstić information content (AvgIpc) is 2.73. The molecule has 1 saturated heterocycles. The van der Waals surface area contributed by atoms with Gasteiger partial charge in [0.25, 0.3) is 5.91 Å². The van der Waals surface area contributed by atoms with E-state index >= 15 is 0 Å². The normalized spacial score (nSPS) is 20.9. The number of amides is 1. The highest BCUT2D eigenvalue weighted by Gasteiger charge is 2.28. The van der Waals surface area contributed by atoms with Crippen LogP contribution in [0.25, 0.3) is 0 Å². The number of carbonyl (C=O) groups excluding carboxylic acids is 1. The highest BCUT2D eigenvalue weighted by molar-refractivity contribution is 5.97. The fraction of sp³-hybridized carbons (Fsp3) is 0.556. The summed E-state index contributed by atoms with van der Waals surface area (Å²) in [4.78, 5) is 13.6. The smallest absolute Gasteiger partial charge is 0.274 e. The van der Waals surface area contributed by atoms with E-state index in [2.05, 4.69) is 5.10 Å². The molecule has 0 bridgehead atoms. The summed E-state index contributed by atoms with van der Waals surface area (Å²) in [7, 11) is 1.68. The molecule has 0 aromatic carbocycles. The van der Waals surface area contributed by atoms with Crippen LogP contribution in [0.3, 0.4) is 0 Å². The van der Waals surface area contributed by atoms with Crippen LogP contribution in [0.15, 0.2) is 6.20 Å². The fourth-order valence-electron chi connectivity index (χ4n) is 1.79. The number of aliphatic hydroxyl groups excluding tert-OH is 1. The Labute approximate surface area is 87.3 Å². The minimum atomic E-state index is -0.414. The van der Waals surface area contributed by atoms with Crippen molar-refractivity contribution in [1.82, 2.24) is 14.7 Å². The van der Waals surface area contributed by atoms with Crippen molar-refractivity contribution in [3.63, 3.8) is 0 Å². The number of aromatic nitrogens is 2. The zero-order chi connectivity index (χ0) is 11.0. The molecule has 1 aromatic heterocycles. The van der Waals surface area contributed by atoms with Gasteiger partial charge in [-0.15, -0.1) is 0 Å². The van der Waals surface area contributed by atoms with Crippen molar-refractivity contribution in [2.24, 2.45) is 7.05 Å². The molecule has 6 nitrogen and oxygen atoms in total. The van der Waals surface area contributed by atoms with Crippen molar-refractivity contribution in [1.29, 1.82) is 0 Å². The van der Waals surface area contributed by atoms with Crippen molar-refractivity contribution < 1.29 is 9.90 Å². The second-order valence-corrected chi connectivity index (χ2v) is 3.77. The Balaban J connectivity index is 2.21. The van der Waals surface area contributed by atoms with Gasteiger partial charge in [0, 0.05) is 20.1 Å². The quantitative estimate of drug-likeness (QED) is 0.636. The third-order valence-electron chi connectivity index (χ3n) is 2.62. The van der Waals surface area contributed by atoms with E-state index in [0.717, 1.165) is 0 Å². The number of nitrogens with zero attached hydrogens (tertiary/aromatic N) is 3. The lowest BCUT2D eigenvalue weighted by molar-refractivity contribution is 0.0755. The summed E-state index contributed by atoms with van der Waals surface area (Å²) >= 11 is 0. The Morgan fingerprint density at radius 2 is 2.47 bits per heavy atom. The molecule has 2 rings (SSSR count). The minimum Gasteiger partial charge on any atom is -0.396 e. The maximum absolute atomic E-state index is 12.0. The van der Waals surface area contributed by atoms with Crippen molar-refractivity contribution in [3.8, 4) is 0 Å². The maximum atomic E-state index is 12.0. The van der Waals surface area contributed by atoms with E-state index in [1.807, 2.05) is 0 Å². The third-order valence-corrected chi connectivity index (χ3v) is 2.62. The maximum Gasteiger partial charge on any atom is 0.274 e. The SMILES string of the molecule is Cn1ncc(N)c1C(=O)N1CCC(O)C1. The van der Waals surface area contributed by atoms with Gasteiger partial charge in [0.15, 0.2) is 0 Å². The molecular formula is C9H14N4O2. The van der Waals surface area contributed by atoms with Gasteiger partial charge in [-0.3, -0.25) is 9.48 Å². The zero-order valence-corrected chi connectivity index (χ0v) is 8.55. The Morgan fingerprint density at radius 1 is 1.73 bits per heavy atom. The topological polar surface area (TPSA) is 84.4 Å². The number of carbonyl (C=O) groups is 1. The number of anilines is 1. The van der Waals surface area contributed by atoms with E-state index < -0.39 is 6.10 Å². The van der Waals surface area contributed by atoms with Crippen LogP contribution in [-0.2, 0) is 7.05 Å². The molecule has 1 atom stereocenters. The van der Waals surface area contributed by atoms with E-state index in [-0.39, 0.29) is 5.91 Å². The van der Waals surface area contributed by atoms with Crippen LogP contribution in [0.4, 0.5) is 5.69 Å². The van der Waals surface area contributed by atoms with Gasteiger partial charge in [0.05, 0.1) is 18.0 Å². The Kier molecular flexibility index (Phi) is 2.36. The van der Waals surface area contributed by atoms with Crippen LogP contribution in [0, 0.1) is 0 Å². The van der Waals surface area contributed by atoms with Crippen LogP contribution in [-0.4, -0.2) is 44.9 Å². The molecule has 1 aliphatic heterocycles. The number of rotatable bonds is 1. The van der Waals surface area contributed by atoms with Crippen LogP contribution in [0.5, 0.6) is 0 Å². The van der Waals surface area contributed by atoms with E-state index in [1.54, 1.807) is 11.9 Å². The number of hydrogen-bond acceptors (Lipinski definition) is 4.